The monoisotopic (exact) mass is 297 g/mol. The number of phenolic OH excluding ortho intramolecular Hbond substituents is 1. The molecule has 4 heteroatoms. The first-order valence-corrected chi connectivity index (χ1v) is 6.97. The van der Waals surface area contributed by atoms with E-state index in [0.29, 0.717) is 12.3 Å². The molecule has 0 bridgehead atoms. The van der Waals surface area contributed by atoms with Gasteiger partial charge < -0.3 is 15.2 Å². The van der Waals surface area contributed by atoms with E-state index in [1.807, 2.05) is 31.2 Å². The van der Waals surface area contributed by atoms with Gasteiger partial charge in [0.05, 0.1) is 7.11 Å². The topological polar surface area (TPSA) is 58.6 Å². The molecule has 0 aliphatic rings. The van der Waals surface area contributed by atoms with Crippen LogP contribution in [-0.4, -0.2) is 18.1 Å². The number of phenols is 1. The van der Waals surface area contributed by atoms with E-state index in [2.05, 4.69) is 5.32 Å². The molecule has 0 aromatic heterocycles. The minimum atomic E-state index is -0.174. The van der Waals surface area contributed by atoms with Crippen molar-refractivity contribution in [3.63, 3.8) is 0 Å². The van der Waals surface area contributed by atoms with Crippen molar-refractivity contribution in [2.75, 3.05) is 7.11 Å². The lowest BCUT2D eigenvalue weighted by Crippen LogP contribution is -2.20. The number of amides is 1. The summed E-state index contributed by atoms with van der Waals surface area (Å²) in [5.41, 5.74) is 3.02. The summed E-state index contributed by atoms with van der Waals surface area (Å²) in [6.07, 6.45) is 3.27. The number of aromatic hydroxyl groups is 1. The van der Waals surface area contributed by atoms with E-state index in [4.69, 9.17) is 4.74 Å². The number of hydrogen-bond acceptors (Lipinski definition) is 3. The molecular formula is C18H19NO3. The van der Waals surface area contributed by atoms with Crippen molar-refractivity contribution in [1.29, 1.82) is 0 Å². The molecule has 0 atom stereocenters. The Hall–Kier alpha value is -2.75. The van der Waals surface area contributed by atoms with Crippen LogP contribution >= 0.6 is 0 Å². The summed E-state index contributed by atoms with van der Waals surface area (Å²) in [7, 11) is 1.49. The summed E-state index contributed by atoms with van der Waals surface area (Å²) >= 11 is 0. The van der Waals surface area contributed by atoms with Gasteiger partial charge in [-0.2, -0.15) is 0 Å². The minimum absolute atomic E-state index is 0.0804. The molecule has 2 aromatic rings. The highest BCUT2D eigenvalue weighted by atomic mass is 16.5. The number of carbonyl (C=O) groups excluding carboxylic acids is 1. The zero-order chi connectivity index (χ0) is 15.9. The third kappa shape index (κ3) is 4.38. The predicted octanol–water partition coefficient (Wildman–Crippen LogP) is 3.04. The van der Waals surface area contributed by atoms with Crippen LogP contribution in [0.15, 0.2) is 48.5 Å². The van der Waals surface area contributed by atoms with Crippen LogP contribution in [0.4, 0.5) is 0 Å². The van der Waals surface area contributed by atoms with Crippen LogP contribution < -0.4 is 10.1 Å². The molecule has 0 radical (unpaired) electrons. The SMILES string of the molecule is COc1cc(CNC(=O)/C=C/c2ccc(C)cc2)ccc1O. The van der Waals surface area contributed by atoms with Gasteiger partial charge in [-0.15, -0.1) is 0 Å². The summed E-state index contributed by atoms with van der Waals surface area (Å²) in [5, 5.41) is 12.3. The Morgan fingerprint density at radius 2 is 1.95 bits per heavy atom. The Kier molecular flexibility index (Phi) is 5.20. The van der Waals surface area contributed by atoms with Gasteiger partial charge in [-0.25, -0.2) is 0 Å². The van der Waals surface area contributed by atoms with E-state index in [1.165, 1.54) is 18.7 Å². The highest BCUT2D eigenvalue weighted by molar-refractivity contribution is 5.91. The molecule has 114 valence electrons. The summed E-state index contributed by atoms with van der Waals surface area (Å²) in [5.74, 6) is 0.298. The zero-order valence-electron chi connectivity index (χ0n) is 12.7. The lowest BCUT2D eigenvalue weighted by atomic mass is 10.1. The van der Waals surface area contributed by atoms with Gasteiger partial charge >= 0.3 is 0 Å². The second kappa shape index (κ2) is 7.31. The van der Waals surface area contributed by atoms with Gasteiger partial charge in [-0.1, -0.05) is 35.9 Å². The van der Waals surface area contributed by atoms with Crippen molar-refractivity contribution in [3.05, 3.63) is 65.2 Å². The largest absolute Gasteiger partial charge is 0.504 e. The predicted molar refractivity (Wildman–Crippen MR) is 86.7 cm³/mol. The summed E-state index contributed by atoms with van der Waals surface area (Å²) in [6.45, 7) is 2.39. The van der Waals surface area contributed by atoms with Crippen LogP contribution in [-0.2, 0) is 11.3 Å². The molecule has 22 heavy (non-hydrogen) atoms. The van der Waals surface area contributed by atoms with E-state index in [1.54, 1.807) is 24.3 Å². The Morgan fingerprint density at radius 1 is 1.23 bits per heavy atom. The van der Waals surface area contributed by atoms with Gasteiger partial charge in [0.15, 0.2) is 11.5 Å². The molecule has 2 aromatic carbocycles. The van der Waals surface area contributed by atoms with Crippen molar-refractivity contribution in [1.82, 2.24) is 5.32 Å². The number of nitrogens with one attached hydrogen (secondary N) is 1. The fraction of sp³-hybridized carbons (Fsp3) is 0.167. The molecule has 0 aliphatic heterocycles. The maximum atomic E-state index is 11.8. The molecule has 0 aliphatic carbocycles. The second-order valence-corrected chi connectivity index (χ2v) is 4.97. The minimum Gasteiger partial charge on any atom is -0.504 e. The molecule has 0 saturated carbocycles. The molecule has 0 saturated heterocycles. The van der Waals surface area contributed by atoms with Crippen molar-refractivity contribution < 1.29 is 14.6 Å². The number of benzene rings is 2. The molecular weight excluding hydrogens is 278 g/mol. The zero-order valence-corrected chi connectivity index (χ0v) is 12.7. The highest BCUT2D eigenvalue weighted by Gasteiger charge is 2.03. The first-order valence-electron chi connectivity index (χ1n) is 6.97. The summed E-state index contributed by atoms with van der Waals surface area (Å²) < 4.78 is 5.03. The van der Waals surface area contributed by atoms with Crippen LogP contribution in [0.2, 0.25) is 0 Å². The first kappa shape index (κ1) is 15.6. The van der Waals surface area contributed by atoms with Crippen LogP contribution in [0.3, 0.4) is 0 Å². The fourth-order valence-electron chi connectivity index (χ4n) is 1.93. The maximum absolute atomic E-state index is 11.8. The normalized spacial score (nSPS) is 10.6. The number of hydrogen-bond donors (Lipinski definition) is 2. The molecule has 2 rings (SSSR count). The van der Waals surface area contributed by atoms with Crippen LogP contribution in [0.25, 0.3) is 6.08 Å². The van der Waals surface area contributed by atoms with Gasteiger partial charge in [0.2, 0.25) is 5.91 Å². The lowest BCUT2D eigenvalue weighted by Gasteiger charge is -2.07. The van der Waals surface area contributed by atoms with Gasteiger partial charge in [0.1, 0.15) is 0 Å². The number of carbonyl (C=O) groups is 1. The smallest absolute Gasteiger partial charge is 0.244 e. The quantitative estimate of drug-likeness (QED) is 0.834. The van der Waals surface area contributed by atoms with Crippen LogP contribution in [0.5, 0.6) is 11.5 Å². The van der Waals surface area contributed by atoms with Crippen molar-refractivity contribution in [2.24, 2.45) is 0 Å². The Morgan fingerprint density at radius 3 is 2.64 bits per heavy atom. The molecule has 2 N–H and O–H groups in total. The lowest BCUT2D eigenvalue weighted by molar-refractivity contribution is -0.116. The van der Waals surface area contributed by atoms with E-state index in [-0.39, 0.29) is 11.7 Å². The summed E-state index contributed by atoms with van der Waals surface area (Å²) in [4.78, 5) is 11.8. The standard InChI is InChI=1S/C18H19NO3/c1-13-3-5-14(6-4-13)8-10-18(21)19-12-15-7-9-16(20)17(11-15)22-2/h3-11,20H,12H2,1-2H3,(H,19,21)/b10-8+. The summed E-state index contributed by atoms with van der Waals surface area (Å²) in [6, 6.07) is 12.9. The second-order valence-electron chi connectivity index (χ2n) is 4.97. The highest BCUT2D eigenvalue weighted by Crippen LogP contribution is 2.26. The van der Waals surface area contributed by atoms with E-state index in [9.17, 15) is 9.90 Å². The Bertz CT molecular complexity index is 675. The average Bonchev–Trinajstić information content (AvgIpc) is 2.53. The number of ether oxygens (including phenoxy) is 1. The number of aryl methyl sites for hydroxylation is 1. The van der Waals surface area contributed by atoms with Gasteiger partial charge in [-0.3, -0.25) is 4.79 Å². The van der Waals surface area contributed by atoms with Gasteiger partial charge in [-0.05, 0) is 36.3 Å². The van der Waals surface area contributed by atoms with Crippen molar-refractivity contribution >= 4 is 12.0 Å². The van der Waals surface area contributed by atoms with Crippen LogP contribution in [0.1, 0.15) is 16.7 Å². The van der Waals surface area contributed by atoms with E-state index in [0.717, 1.165) is 11.1 Å². The third-order valence-electron chi connectivity index (χ3n) is 3.22. The molecule has 0 fully saturated rings. The fourth-order valence-corrected chi connectivity index (χ4v) is 1.93. The van der Waals surface area contributed by atoms with Crippen molar-refractivity contribution in [3.8, 4) is 11.5 Å². The van der Waals surface area contributed by atoms with Crippen molar-refractivity contribution in [2.45, 2.75) is 13.5 Å². The Labute approximate surface area is 130 Å². The van der Waals surface area contributed by atoms with Crippen LogP contribution in [0, 0.1) is 6.92 Å². The molecule has 4 nitrogen and oxygen atoms in total. The van der Waals surface area contributed by atoms with E-state index >= 15 is 0 Å². The molecule has 1 amide bonds. The molecule has 0 spiro atoms. The maximum Gasteiger partial charge on any atom is 0.244 e. The average molecular weight is 297 g/mol. The molecule has 0 unspecified atom stereocenters. The van der Waals surface area contributed by atoms with Gasteiger partial charge in [0, 0.05) is 12.6 Å². The number of rotatable bonds is 5. The molecule has 0 heterocycles. The first-order chi connectivity index (χ1) is 10.6. The number of methoxy groups -OCH3 is 1. The van der Waals surface area contributed by atoms with E-state index < -0.39 is 0 Å². The third-order valence-corrected chi connectivity index (χ3v) is 3.22. The Balaban J connectivity index is 1.91. The van der Waals surface area contributed by atoms with Gasteiger partial charge in [0.25, 0.3) is 0 Å².